The Morgan fingerprint density at radius 2 is 2.11 bits per heavy atom. The summed E-state index contributed by atoms with van der Waals surface area (Å²) < 4.78 is 27.5. The smallest absolute Gasteiger partial charge is 0.247 e. The molecule has 0 saturated carbocycles. The molecular weight excluding hydrogens is 266 g/mol. The summed E-state index contributed by atoms with van der Waals surface area (Å²) >= 11 is 0. The highest BCUT2D eigenvalue weighted by Crippen LogP contribution is 2.22. The Morgan fingerprint density at radius 3 is 2.63 bits per heavy atom. The molecule has 0 aliphatic rings. The van der Waals surface area contributed by atoms with Crippen LogP contribution in [0.5, 0.6) is 0 Å². The van der Waals surface area contributed by atoms with Gasteiger partial charge in [-0.05, 0) is 20.3 Å². The van der Waals surface area contributed by atoms with Crippen LogP contribution in [-0.4, -0.2) is 47.8 Å². The predicted molar refractivity (Wildman–Crippen MR) is 72.1 cm³/mol. The van der Waals surface area contributed by atoms with Crippen molar-refractivity contribution in [3.63, 3.8) is 0 Å². The van der Waals surface area contributed by atoms with Gasteiger partial charge in [-0.2, -0.15) is 9.40 Å². The third-order valence-electron chi connectivity index (χ3n) is 2.83. The molecule has 7 heteroatoms. The number of sulfonamides is 1. The highest BCUT2D eigenvalue weighted by atomic mass is 32.2. The van der Waals surface area contributed by atoms with E-state index in [-0.39, 0.29) is 18.0 Å². The number of hydrogen-bond acceptors (Lipinski definition) is 4. The number of rotatable bonds is 6. The van der Waals surface area contributed by atoms with Gasteiger partial charge in [0.2, 0.25) is 10.0 Å². The van der Waals surface area contributed by atoms with Gasteiger partial charge in [0.05, 0.1) is 17.9 Å². The second kappa shape index (κ2) is 6.19. The molecule has 0 fully saturated rings. The van der Waals surface area contributed by atoms with Crippen LogP contribution in [0.1, 0.15) is 17.8 Å². The molecule has 0 saturated heterocycles. The predicted octanol–water partition coefficient (Wildman–Crippen LogP) is 0.136. The SMILES string of the molecule is C#CCN(C)S(=O)(=O)c1c(C)nn(CCCO)c1C. The van der Waals surface area contributed by atoms with Gasteiger partial charge < -0.3 is 5.11 Å². The maximum Gasteiger partial charge on any atom is 0.247 e. The lowest BCUT2D eigenvalue weighted by Crippen LogP contribution is -2.28. The van der Waals surface area contributed by atoms with E-state index in [1.54, 1.807) is 18.5 Å². The van der Waals surface area contributed by atoms with Gasteiger partial charge >= 0.3 is 0 Å². The summed E-state index contributed by atoms with van der Waals surface area (Å²) in [7, 11) is -2.18. The molecule has 1 heterocycles. The molecule has 0 aliphatic carbocycles. The van der Waals surface area contributed by atoms with Crippen LogP contribution >= 0.6 is 0 Å². The first-order valence-corrected chi connectivity index (χ1v) is 7.35. The zero-order valence-corrected chi connectivity index (χ0v) is 12.2. The zero-order valence-electron chi connectivity index (χ0n) is 11.4. The fourth-order valence-electron chi connectivity index (χ4n) is 1.86. The largest absolute Gasteiger partial charge is 0.396 e. The Hall–Kier alpha value is -1.36. The lowest BCUT2D eigenvalue weighted by molar-refractivity contribution is 0.276. The molecule has 0 atom stereocenters. The molecule has 19 heavy (non-hydrogen) atoms. The Bertz CT molecular complexity index is 584. The molecule has 1 aromatic rings. The molecule has 106 valence electrons. The number of aryl methyl sites for hydroxylation is 2. The van der Waals surface area contributed by atoms with Gasteiger partial charge in [-0.25, -0.2) is 8.42 Å². The van der Waals surface area contributed by atoms with Crippen LogP contribution in [0.15, 0.2) is 4.90 Å². The lowest BCUT2D eigenvalue weighted by Gasteiger charge is -2.14. The molecule has 1 N–H and O–H groups in total. The van der Waals surface area contributed by atoms with E-state index in [9.17, 15) is 8.42 Å². The van der Waals surface area contributed by atoms with E-state index < -0.39 is 10.0 Å². The maximum absolute atomic E-state index is 12.4. The Labute approximate surface area is 114 Å². The third-order valence-corrected chi connectivity index (χ3v) is 4.88. The van der Waals surface area contributed by atoms with Gasteiger partial charge in [-0.3, -0.25) is 4.68 Å². The van der Waals surface area contributed by atoms with Crippen molar-refractivity contribution in [1.29, 1.82) is 0 Å². The van der Waals surface area contributed by atoms with Crippen molar-refractivity contribution < 1.29 is 13.5 Å². The average Bonchev–Trinajstić information content (AvgIpc) is 2.62. The summed E-state index contributed by atoms with van der Waals surface area (Å²) in [6.45, 7) is 3.89. The molecule has 0 unspecified atom stereocenters. The van der Waals surface area contributed by atoms with E-state index in [2.05, 4.69) is 11.0 Å². The Morgan fingerprint density at radius 1 is 1.47 bits per heavy atom. The van der Waals surface area contributed by atoms with Crippen molar-refractivity contribution >= 4 is 10.0 Å². The number of hydrogen-bond donors (Lipinski definition) is 1. The first-order valence-electron chi connectivity index (χ1n) is 5.91. The number of terminal acetylenes is 1. The van der Waals surface area contributed by atoms with E-state index in [4.69, 9.17) is 11.5 Å². The quantitative estimate of drug-likeness (QED) is 0.754. The van der Waals surface area contributed by atoms with Gasteiger partial charge in [0.1, 0.15) is 4.90 Å². The minimum Gasteiger partial charge on any atom is -0.396 e. The second-order valence-electron chi connectivity index (χ2n) is 4.27. The average molecular weight is 285 g/mol. The molecule has 0 aromatic carbocycles. The van der Waals surface area contributed by atoms with Gasteiger partial charge in [0.25, 0.3) is 0 Å². The second-order valence-corrected chi connectivity index (χ2v) is 6.25. The topological polar surface area (TPSA) is 75.4 Å². The van der Waals surface area contributed by atoms with Crippen molar-refractivity contribution in [2.24, 2.45) is 0 Å². The fourth-order valence-corrected chi connectivity index (χ4v) is 3.31. The van der Waals surface area contributed by atoms with Crippen LogP contribution in [-0.2, 0) is 16.6 Å². The number of nitrogens with zero attached hydrogens (tertiary/aromatic N) is 3. The molecule has 0 aliphatic heterocycles. The normalized spacial score (nSPS) is 11.8. The Balaban J connectivity index is 3.21. The molecule has 0 amide bonds. The van der Waals surface area contributed by atoms with Gasteiger partial charge in [0, 0.05) is 20.2 Å². The van der Waals surface area contributed by atoms with Gasteiger partial charge in [-0.1, -0.05) is 5.92 Å². The van der Waals surface area contributed by atoms with Crippen LogP contribution in [0, 0.1) is 26.2 Å². The van der Waals surface area contributed by atoms with E-state index in [1.807, 2.05) is 0 Å². The van der Waals surface area contributed by atoms with Crippen molar-refractivity contribution in [2.45, 2.75) is 31.7 Å². The summed E-state index contributed by atoms with van der Waals surface area (Å²) in [5.41, 5.74) is 1.01. The van der Waals surface area contributed by atoms with Crippen molar-refractivity contribution in [2.75, 3.05) is 20.2 Å². The van der Waals surface area contributed by atoms with Crippen LogP contribution in [0.3, 0.4) is 0 Å². The van der Waals surface area contributed by atoms with Crippen LogP contribution in [0.25, 0.3) is 0 Å². The van der Waals surface area contributed by atoms with E-state index in [0.717, 1.165) is 4.31 Å². The Kier molecular flexibility index (Phi) is 5.11. The molecule has 0 bridgehead atoms. The van der Waals surface area contributed by atoms with Crippen molar-refractivity contribution in [3.8, 4) is 12.3 Å². The number of aliphatic hydroxyl groups is 1. The molecule has 1 aromatic heterocycles. The lowest BCUT2D eigenvalue weighted by atomic mass is 10.4. The first kappa shape index (κ1) is 15.7. The van der Waals surface area contributed by atoms with E-state index >= 15 is 0 Å². The van der Waals surface area contributed by atoms with Crippen LogP contribution in [0.2, 0.25) is 0 Å². The molecule has 1 rings (SSSR count). The van der Waals surface area contributed by atoms with Crippen molar-refractivity contribution in [3.05, 3.63) is 11.4 Å². The molecular formula is C12H19N3O3S. The highest BCUT2D eigenvalue weighted by Gasteiger charge is 2.28. The summed E-state index contributed by atoms with van der Waals surface area (Å²) in [6, 6.07) is 0. The van der Waals surface area contributed by atoms with E-state index in [0.29, 0.717) is 24.4 Å². The fraction of sp³-hybridized carbons (Fsp3) is 0.583. The maximum atomic E-state index is 12.4. The standard InChI is InChI=1S/C12H19N3O3S/c1-5-7-14(4)19(17,18)12-10(2)13-15(11(12)3)8-6-9-16/h1,16H,6-9H2,2-4H3. The minimum atomic E-state index is -3.62. The summed E-state index contributed by atoms with van der Waals surface area (Å²) in [6.07, 6.45) is 5.68. The molecule has 0 radical (unpaired) electrons. The van der Waals surface area contributed by atoms with Crippen molar-refractivity contribution in [1.82, 2.24) is 14.1 Å². The van der Waals surface area contributed by atoms with Gasteiger partial charge in [-0.15, -0.1) is 6.42 Å². The zero-order chi connectivity index (χ0) is 14.6. The van der Waals surface area contributed by atoms with Crippen LogP contribution < -0.4 is 0 Å². The third kappa shape index (κ3) is 3.15. The molecule has 0 spiro atoms. The number of aromatic nitrogens is 2. The summed E-state index contributed by atoms with van der Waals surface area (Å²) in [5.74, 6) is 2.31. The van der Waals surface area contributed by atoms with Gasteiger partial charge in [0.15, 0.2) is 0 Å². The summed E-state index contributed by atoms with van der Waals surface area (Å²) in [5, 5.41) is 13.0. The number of aliphatic hydroxyl groups excluding tert-OH is 1. The monoisotopic (exact) mass is 285 g/mol. The highest BCUT2D eigenvalue weighted by molar-refractivity contribution is 7.89. The van der Waals surface area contributed by atoms with E-state index in [1.165, 1.54) is 7.05 Å². The first-order chi connectivity index (χ1) is 8.86. The minimum absolute atomic E-state index is 0.0169. The van der Waals surface area contributed by atoms with Crippen LogP contribution in [0.4, 0.5) is 0 Å². The summed E-state index contributed by atoms with van der Waals surface area (Å²) in [4.78, 5) is 0.197. The molecule has 6 nitrogen and oxygen atoms in total.